The highest BCUT2D eigenvalue weighted by molar-refractivity contribution is 5.93. The van der Waals surface area contributed by atoms with Crippen LogP contribution in [0.1, 0.15) is 0 Å². The maximum atomic E-state index is 6.03. The molecule has 0 aliphatic heterocycles. The summed E-state index contributed by atoms with van der Waals surface area (Å²) >= 11 is 0. The lowest BCUT2D eigenvalue weighted by Gasteiger charge is -2.03. The first-order chi connectivity index (χ1) is 7.77. The second-order valence-electron chi connectivity index (χ2n) is 4.05. The summed E-state index contributed by atoms with van der Waals surface area (Å²) in [6.07, 6.45) is 0. The first-order valence-corrected chi connectivity index (χ1v) is 5.33. The van der Waals surface area contributed by atoms with Gasteiger partial charge in [-0.2, -0.15) is 4.57 Å². The van der Waals surface area contributed by atoms with Gasteiger partial charge in [-0.05, 0) is 24.3 Å². The van der Waals surface area contributed by atoms with Gasteiger partial charge in [0.15, 0.2) is 0 Å². The van der Waals surface area contributed by atoms with Gasteiger partial charge in [-0.15, -0.1) is 0 Å². The molecule has 0 aliphatic carbocycles. The SMILES string of the molecule is C[n+]1c2ccccc2cc2cccc(N)c21.[Cl-]. The number of anilines is 1. The van der Waals surface area contributed by atoms with Crippen molar-refractivity contribution >= 4 is 27.5 Å². The standard InChI is InChI=1S/C14H13N2.ClH/c1-16-13-8-3-2-5-10(13)9-11-6-4-7-12(15)14(11)16;/h2-9H,15H2,1H3;1H/q+1;/p-1. The number of aryl methyl sites for hydroxylation is 1. The molecule has 0 unspecified atom stereocenters. The number of nitrogens with two attached hydrogens (primary N) is 1. The van der Waals surface area contributed by atoms with Crippen LogP contribution in [-0.2, 0) is 7.05 Å². The number of nitrogens with zero attached hydrogens (tertiary/aromatic N) is 1. The van der Waals surface area contributed by atoms with Crippen LogP contribution in [0.25, 0.3) is 21.8 Å². The Labute approximate surface area is 106 Å². The molecule has 0 radical (unpaired) electrons. The van der Waals surface area contributed by atoms with E-state index in [0.717, 1.165) is 11.2 Å². The van der Waals surface area contributed by atoms with Gasteiger partial charge in [0, 0.05) is 16.8 Å². The largest absolute Gasteiger partial charge is 1.00 e. The molecule has 1 heterocycles. The molecular weight excluding hydrogens is 232 g/mol. The predicted molar refractivity (Wildman–Crippen MR) is 67.0 cm³/mol. The number of halogens is 1. The lowest BCUT2D eigenvalue weighted by molar-refractivity contribution is -0.617. The van der Waals surface area contributed by atoms with Crippen molar-refractivity contribution in [3.8, 4) is 0 Å². The van der Waals surface area contributed by atoms with E-state index < -0.39 is 0 Å². The molecule has 0 bridgehead atoms. The second-order valence-corrected chi connectivity index (χ2v) is 4.05. The van der Waals surface area contributed by atoms with Crippen molar-refractivity contribution in [1.29, 1.82) is 0 Å². The molecule has 0 saturated carbocycles. The smallest absolute Gasteiger partial charge is 0.235 e. The molecule has 1 aromatic heterocycles. The van der Waals surface area contributed by atoms with Crippen molar-refractivity contribution in [2.45, 2.75) is 0 Å². The third-order valence-corrected chi connectivity index (χ3v) is 3.04. The zero-order valence-corrected chi connectivity index (χ0v) is 10.3. The predicted octanol–water partition coefficient (Wildman–Crippen LogP) is -0.596. The first-order valence-electron chi connectivity index (χ1n) is 5.33. The Hall–Kier alpha value is -1.80. The zero-order valence-electron chi connectivity index (χ0n) is 9.52. The maximum absolute atomic E-state index is 6.03. The van der Waals surface area contributed by atoms with E-state index in [2.05, 4.69) is 41.9 Å². The molecule has 2 aromatic carbocycles. The van der Waals surface area contributed by atoms with Crippen LogP contribution in [0.2, 0.25) is 0 Å². The van der Waals surface area contributed by atoms with E-state index >= 15 is 0 Å². The third kappa shape index (κ3) is 1.71. The number of rotatable bonds is 0. The Morgan fingerprint density at radius 1 is 0.941 bits per heavy atom. The van der Waals surface area contributed by atoms with E-state index in [-0.39, 0.29) is 12.4 Å². The van der Waals surface area contributed by atoms with Crippen molar-refractivity contribution in [3.05, 3.63) is 48.5 Å². The molecule has 0 amide bonds. The van der Waals surface area contributed by atoms with Gasteiger partial charge in [0.05, 0.1) is 0 Å². The van der Waals surface area contributed by atoms with Crippen LogP contribution >= 0.6 is 0 Å². The van der Waals surface area contributed by atoms with Crippen molar-refractivity contribution in [2.75, 3.05) is 5.73 Å². The minimum absolute atomic E-state index is 0. The van der Waals surface area contributed by atoms with Crippen LogP contribution in [0.4, 0.5) is 5.69 Å². The molecule has 3 heteroatoms. The third-order valence-electron chi connectivity index (χ3n) is 3.04. The number of para-hydroxylation sites is 2. The van der Waals surface area contributed by atoms with Crippen molar-refractivity contribution in [2.24, 2.45) is 7.05 Å². The molecule has 3 aromatic rings. The summed E-state index contributed by atoms with van der Waals surface area (Å²) in [7, 11) is 2.06. The Morgan fingerprint density at radius 3 is 2.47 bits per heavy atom. The van der Waals surface area contributed by atoms with Crippen LogP contribution in [0, 0.1) is 0 Å². The Morgan fingerprint density at radius 2 is 1.65 bits per heavy atom. The van der Waals surface area contributed by atoms with Gasteiger partial charge >= 0.3 is 0 Å². The van der Waals surface area contributed by atoms with E-state index in [9.17, 15) is 0 Å². The highest BCUT2D eigenvalue weighted by Gasteiger charge is 2.12. The van der Waals surface area contributed by atoms with Crippen LogP contribution in [0.15, 0.2) is 48.5 Å². The van der Waals surface area contributed by atoms with Crippen molar-refractivity contribution < 1.29 is 17.0 Å². The minimum atomic E-state index is 0. The fourth-order valence-electron chi connectivity index (χ4n) is 2.29. The van der Waals surface area contributed by atoms with E-state index in [1.807, 2.05) is 18.2 Å². The van der Waals surface area contributed by atoms with Gasteiger partial charge in [0.1, 0.15) is 12.7 Å². The molecule has 2 N–H and O–H groups in total. The highest BCUT2D eigenvalue weighted by atomic mass is 35.5. The van der Waals surface area contributed by atoms with Crippen LogP contribution < -0.4 is 22.7 Å². The van der Waals surface area contributed by atoms with Gasteiger partial charge in [-0.3, -0.25) is 0 Å². The highest BCUT2D eigenvalue weighted by Crippen LogP contribution is 2.21. The fourth-order valence-corrected chi connectivity index (χ4v) is 2.29. The topological polar surface area (TPSA) is 29.9 Å². The molecule has 0 saturated heterocycles. The number of fused-ring (bicyclic) bond motifs is 2. The lowest BCUT2D eigenvalue weighted by atomic mass is 10.1. The Kier molecular flexibility index (Phi) is 2.90. The zero-order chi connectivity index (χ0) is 11.1. The minimum Gasteiger partial charge on any atom is -1.00 e. The van der Waals surface area contributed by atoms with Crippen molar-refractivity contribution in [3.63, 3.8) is 0 Å². The quantitative estimate of drug-likeness (QED) is 0.320. The first kappa shape index (κ1) is 11.7. The normalized spacial score (nSPS) is 10.4. The fraction of sp³-hybridized carbons (Fsp3) is 0.0714. The van der Waals surface area contributed by atoms with E-state index in [4.69, 9.17) is 5.73 Å². The lowest BCUT2D eigenvalue weighted by Crippen LogP contribution is -3.00. The Balaban J connectivity index is 0.00000108. The summed E-state index contributed by atoms with van der Waals surface area (Å²) in [6.45, 7) is 0. The second kappa shape index (κ2) is 4.22. The molecule has 0 fully saturated rings. The average molecular weight is 245 g/mol. The molecule has 0 atom stereocenters. The van der Waals surface area contributed by atoms with Gasteiger partial charge in [-0.25, -0.2) is 0 Å². The molecular formula is C14H13ClN2. The maximum Gasteiger partial charge on any atom is 0.235 e. The molecule has 3 rings (SSSR count). The van der Waals surface area contributed by atoms with E-state index in [0.29, 0.717) is 0 Å². The molecule has 2 nitrogen and oxygen atoms in total. The Bertz CT molecular complexity index is 692. The number of hydrogen-bond donors (Lipinski definition) is 1. The number of hydrogen-bond acceptors (Lipinski definition) is 1. The van der Waals surface area contributed by atoms with Crippen LogP contribution in [-0.4, -0.2) is 0 Å². The number of aromatic nitrogens is 1. The molecule has 86 valence electrons. The summed E-state index contributed by atoms with van der Waals surface area (Å²) in [6, 6.07) is 16.6. The van der Waals surface area contributed by atoms with E-state index in [1.165, 1.54) is 16.3 Å². The van der Waals surface area contributed by atoms with Crippen LogP contribution in [0.5, 0.6) is 0 Å². The van der Waals surface area contributed by atoms with Gasteiger partial charge in [0.25, 0.3) is 0 Å². The van der Waals surface area contributed by atoms with Gasteiger partial charge in [-0.1, -0.05) is 18.2 Å². The summed E-state index contributed by atoms with van der Waals surface area (Å²) in [5.41, 5.74) is 9.15. The molecule has 0 aliphatic rings. The summed E-state index contributed by atoms with van der Waals surface area (Å²) in [5, 5.41) is 2.42. The summed E-state index contributed by atoms with van der Waals surface area (Å²) in [5.74, 6) is 0. The average Bonchev–Trinajstić information content (AvgIpc) is 2.29. The summed E-state index contributed by atoms with van der Waals surface area (Å²) in [4.78, 5) is 0. The number of benzene rings is 2. The number of pyridine rings is 1. The van der Waals surface area contributed by atoms with Gasteiger partial charge in [0.2, 0.25) is 11.0 Å². The van der Waals surface area contributed by atoms with Crippen molar-refractivity contribution in [1.82, 2.24) is 0 Å². The van der Waals surface area contributed by atoms with E-state index in [1.54, 1.807) is 0 Å². The molecule has 0 spiro atoms. The number of nitrogen functional groups attached to an aromatic ring is 1. The van der Waals surface area contributed by atoms with Crippen LogP contribution in [0.3, 0.4) is 0 Å². The summed E-state index contributed by atoms with van der Waals surface area (Å²) < 4.78 is 2.15. The monoisotopic (exact) mass is 244 g/mol. The molecule has 17 heavy (non-hydrogen) atoms. The van der Waals surface area contributed by atoms with Gasteiger partial charge < -0.3 is 18.1 Å².